The van der Waals surface area contributed by atoms with Crippen molar-refractivity contribution >= 4 is 11.3 Å². The summed E-state index contributed by atoms with van der Waals surface area (Å²) in [4.78, 5) is 5.12. The zero-order valence-electron chi connectivity index (χ0n) is 12.6. The average Bonchev–Trinajstić information content (AvgIpc) is 2.82. The van der Waals surface area contributed by atoms with Crippen LogP contribution in [0, 0.1) is 0 Å². The van der Waals surface area contributed by atoms with Crippen molar-refractivity contribution in [3.05, 3.63) is 22.4 Å². The van der Waals surface area contributed by atoms with Gasteiger partial charge in [-0.05, 0) is 50.1 Å². The maximum Gasteiger partial charge on any atom is 0.0505 e. The molecule has 2 atom stereocenters. The molecular formula is C15H27N3S. The Morgan fingerprint density at radius 1 is 1.21 bits per heavy atom. The van der Waals surface area contributed by atoms with Crippen molar-refractivity contribution in [3.63, 3.8) is 0 Å². The molecule has 0 bridgehead atoms. The van der Waals surface area contributed by atoms with Crippen LogP contribution in [0.15, 0.2) is 16.8 Å². The van der Waals surface area contributed by atoms with Crippen molar-refractivity contribution in [1.29, 1.82) is 0 Å². The normalized spacial score (nSPS) is 22.4. The van der Waals surface area contributed by atoms with Crippen molar-refractivity contribution in [2.24, 2.45) is 5.73 Å². The largest absolute Gasteiger partial charge is 0.326 e. The maximum atomic E-state index is 6.23. The van der Waals surface area contributed by atoms with Crippen LogP contribution in [-0.2, 0) is 0 Å². The summed E-state index contributed by atoms with van der Waals surface area (Å²) in [5.41, 5.74) is 7.88. The fraction of sp³-hybridized carbons (Fsp3) is 0.733. The summed E-state index contributed by atoms with van der Waals surface area (Å²) >= 11 is 1.76. The predicted molar refractivity (Wildman–Crippen MR) is 83.6 cm³/mol. The number of hydrogen-bond acceptors (Lipinski definition) is 4. The Bertz CT molecular complexity index is 373. The highest BCUT2D eigenvalue weighted by atomic mass is 32.1. The Morgan fingerprint density at radius 3 is 2.26 bits per heavy atom. The summed E-state index contributed by atoms with van der Waals surface area (Å²) in [6.07, 6.45) is 0. The molecule has 0 radical (unpaired) electrons. The minimum Gasteiger partial charge on any atom is -0.326 e. The topological polar surface area (TPSA) is 32.5 Å². The molecule has 108 valence electrons. The summed E-state index contributed by atoms with van der Waals surface area (Å²) in [6.45, 7) is 13.5. The molecule has 4 heteroatoms. The van der Waals surface area contributed by atoms with Gasteiger partial charge in [0.05, 0.1) is 6.04 Å². The third-order valence-corrected chi connectivity index (χ3v) is 4.74. The first-order valence-electron chi connectivity index (χ1n) is 7.16. The van der Waals surface area contributed by atoms with Gasteiger partial charge in [0.15, 0.2) is 0 Å². The van der Waals surface area contributed by atoms with Crippen LogP contribution in [0.5, 0.6) is 0 Å². The van der Waals surface area contributed by atoms with Gasteiger partial charge in [-0.25, -0.2) is 0 Å². The van der Waals surface area contributed by atoms with E-state index in [1.807, 2.05) is 0 Å². The lowest BCUT2D eigenvalue weighted by atomic mass is 9.99. The van der Waals surface area contributed by atoms with Crippen molar-refractivity contribution < 1.29 is 0 Å². The second kappa shape index (κ2) is 5.92. The zero-order valence-corrected chi connectivity index (χ0v) is 13.4. The third kappa shape index (κ3) is 3.57. The van der Waals surface area contributed by atoms with E-state index in [0.717, 1.165) is 26.2 Å². The highest BCUT2D eigenvalue weighted by molar-refractivity contribution is 7.07. The predicted octanol–water partition coefficient (Wildman–Crippen LogP) is 2.55. The lowest BCUT2D eigenvalue weighted by Gasteiger charge is -2.45. The first kappa shape index (κ1) is 15.0. The molecule has 0 aliphatic carbocycles. The van der Waals surface area contributed by atoms with Gasteiger partial charge in [0, 0.05) is 37.8 Å². The SMILES string of the molecule is CC(N)C(c1ccsc1)N1CCN(C(C)(C)C)CC1. The van der Waals surface area contributed by atoms with Crippen molar-refractivity contribution in [3.8, 4) is 0 Å². The first-order chi connectivity index (χ1) is 8.89. The van der Waals surface area contributed by atoms with Crippen LogP contribution in [0.1, 0.15) is 39.3 Å². The Kier molecular flexibility index (Phi) is 4.66. The molecule has 0 saturated carbocycles. The van der Waals surface area contributed by atoms with Gasteiger partial charge in [0.1, 0.15) is 0 Å². The lowest BCUT2D eigenvalue weighted by molar-refractivity contribution is 0.0370. The monoisotopic (exact) mass is 281 g/mol. The highest BCUT2D eigenvalue weighted by Gasteiger charge is 2.31. The zero-order chi connectivity index (χ0) is 14.0. The molecule has 1 aliphatic rings. The Labute approximate surface area is 121 Å². The van der Waals surface area contributed by atoms with Crippen LogP contribution >= 0.6 is 11.3 Å². The van der Waals surface area contributed by atoms with Gasteiger partial charge in [0.2, 0.25) is 0 Å². The molecule has 2 N–H and O–H groups in total. The first-order valence-corrected chi connectivity index (χ1v) is 8.10. The molecule has 1 aromatic rings. The average molecular weight is 281 g/mol. The quantitative estimate of drug-likeness (QED) is 0.924. The second-order valence-corrected chi connectivity index (χ2v) is 7.33. The molecule has 0 spiro atoms. The molecule has 3 nitrogen and oxygen atoms in total. The van der Waals surface area contributed by atoms with Gasteiger partial charge in [-0.2, -0.15) is 11.3 Å². The van der Waals surface area contributed by atoms with E-state index in [1.165, 1.54) is 5.56 Å². The maximum absolute atomic E-state index is 6.23. The van der Waals surface area contributed by atoms with E-state index in [9.17, 15) is 0 Å². The van der Waals surface area contributed by atoms with E-state index in [1.54, 1.807) is 11.3 Å². The Morgan fingerprint density at radius 2 is 1.84 bits per heavy atom. The van der Waals surface area contributed by atoms with Gasteiger partial charge in [0.25, 0.3) is 0 Å². The third-order valence-electron chi connectivity index (χ3n) is 4.04. The van der Waals surface area contributed by atoms with Crippen molar-refractivity contribution in [2.75, 3.05) is 26.2 Å². The van der Waals surface area contributed by atoms with Crippen molar-refractivity contribution in [2.45, 2.75) is 45.3 Å². The molecule has 2 rings (SSSR count). The van der Waals surface area contributed by atoms with Gasteiger partial charge >= 0.3 is 0 Å². The highest BCUT2D eigenvalue weighted by Crippen LogP contribution is 2.27. The van der Waals surface area contributed by atoms with Gasteiger partial charge in [-0.3, -0.25) is 9.80 Å². The molecular weight excluding hydrogens is 254 g/mol. The standard InChI is InChI=1S/C15H27N3S/c1-12(16)14(13-5-10-19-11-13)17-6-8-18(9-7-17)15(2,3)4/h5,10-12,14H,6-9,16H2,1-4H3. The van der Waals surface area contributed by atoms with Gasteiger partial charge in [-0.15, -0.1) is 0 Å². The minimum absolute atomic E-state index is 0.177. The van der Waals surface area contributed by atoms with E-state index in [-0.39, 0.29) is 11.6 Å². The summed E-state index contributed by atoms with van der Waals surface area (Å²) in [6, 6.07) is 2.76. The molecule has 2 unspecified atom stereocenters. The fourth-order valence-electron chi connectivity index (χ4n) is 2.96. The molecule has 1 fully saturated rings. The number of piperazine rings is 1. The minimum atomic E-state index is 0.177. The molecule has 0 aromatic carbocycles. The van der Waals surface area contributed by atoms with Crippen LogP contribution in [0.2, 0.25) is 0 Å². The van der Waals surface area contributed by atoms with E-state index in [2.05, 4.69) is 54.3 Å². The second-order valence-electron chi connectivity index (χ2n) is 6.55. The number of nitrogens with two attached hydrogens (primary N) is 1. The summed E-state index contributed by atoms with van der Waals surface area (Å²) in [5.74, 6) is 0. The lowest BCUT2D eigenvalue weighted by Crippen LogP contribution is -2.55. The number of thiophene rings is 1. The molecule has 1 aliphatic heterocycles. The van der Waals surface area contributed by atoms with Crippen molar-refractivity contribution in [1.82, 2.24) is 9.80 Å². The fourth-order valence-corrected chi connectivity index (χ4v) is 3.65. The van der Waals surface area contributed by atoms with E-state index in [4.69, 9.17) is 5.73 Å². The van der Waals surface area contributed by atoms with E-state index < -0.39 is 0 Å². The molecule has 19 heavy (non-hydrogen) atoms. The van der Waals surface area contributed by atoms with E-state index in [0.29, 0.717) is 6.04 Å². The van der Waals surface area contributed by atoms with Gasteiger partial charge in [-0.1, -0.05) is 0 Å². The summed E-state index contributed by atoms with van der Waals surface area (Å²) < 4.78 is 0. The number of rotatable bonds is 3. The number of nitrogens with zero attached hydrogens (tertiary/aromatic N) is 2. The molecule has 1 aromatic heterocycles. The molecule has 0 amide bonds. The van der Waals surface area contributed by atoms with Crippen LogP contribution < -0.4 is 5.73 Å². The molecule has 2 heterocycles. The van der Waals surface area contributed by atoms with Crippen LogP contribution in [0.25, 0.3) is 0 Å². The smallest absolute Gasteiger partial charge is 0.0505 e. The summed E-state index contributed by atoms with van der Waals surface area (Å²) in [7, 11) is 0. The molecule has 1 saturated heterocycles. The summed E-state index contributed by atoms with van der Waals surface area (Å²) in [5, 5.41) is 4.39. The Hall–Kier alpha value is -0.420. The van der Waals surface area contributed by atoms with Gasteiger partial charge < -0.3 is 5.73 Å². The van der Waals surface area contributed by atoms with Crippen LogP contribution in [0.3, 0.4) is 0 Å². The Balaban J connectivity index is 2.03. The number of hydrogen-bond donors (Lipinski definition) is 1. The van der Waals surface area contributed by atoms with Crippen LogP contribution in [0.4, 0.5) is 0 Å². The van der Waals surface area contributed by atoms with E-state index >= 15 is 0 Å². The van der Waals surface area contributed by atoms with Crippen LogP contribution in [-0.4, -0.2) is 47.6 Å².